The summed E-state index contributed by atoms with van der Waals surface area (Å²) in [6.07, 6.45) is 1.81. The van der Waals surface area contributed by atoms with E-state index < -0.39 is 6.04 Å². The maximum atomic E-state index is 12.1. The van der Waals surface area contributed by atoms with Crippen LogP contribution in [0.4, 0.5) is 0 Å². The predicted molar refractivity (Wildman–Crippen MR) is 80.3 cm³/mol. The summed E-state index contributed by atoms with van der Waals surface area (Å²) in [7, 11) is 1.57. The normalized spacial score (nSPS) is 20.9. The molecule has 1 heterocycles. The van der Waals surface area contributed by atoms with Crippen LogP contribution in [0, 0.1) is 0 Å². The van der Waals surface area contributed by atoms with Crippen molar-refractivity contribution in [3.8, 4) is 5.75 Å². The molecule has 2 N–H and O–H groups in total. The Hall–Kier alpha value is -1.72. The van der Waals surface area contributed by atoms with Gasteiger partial charge in [0, 0.05) is 13.5 Å². The quantitative estimate of drug-likeness (QED) is 0.817. The lowest BCUT2D eigenvalue weighted by atomic mass is 10.0. The van der Waals surface area contributed by atoms with Gasteiger partial charge in [0.25, 0.3) is 5.91 Å². The van der Waals surface area contributed by atoms with E-state index in [4.69, 9.17) is 23.2 Å². The predicted octanol–water partition coefficient (Wildman–Crippen LogP) is 2.10. The minimum Gasteiger partial charge on any atom is -0.505 e. The molecule has 1 aliphatic rings. The first-order valence-corrected chi connectivity index (χ1v) is 7.02. The van der Waals surface area contributed by atoms with E-state index in [1.165, 1.54) is 17.0 Å². The number of nitrogens with one attached hydrogen (secondary N) is 1. The molecule has 112 valence electrons. The Balaban J connectivity index is 2.27. The van der Waals surface area contributed by atoms with Gasteiger partial charge in [-0.3, -0.25) is 9.59 Å². The van der Waals surface area contributed by atoms with Gasteiger partial charge in [-0.15, -0.1) is 0 Å². The summed E-state index contributed by atoms with van der Waals surface area (Å²) in [5.41, 5.74) is 0.923. The van der Waals surface area contributed by atoms with Crippen LogP contribution in [0.25, 0.3) is 0 Å². The summed E-state index contributed by atoms with van der Waals surface area (Å²) in [4.78, 5) is 25.5. The van der Waals surface area contributed by atoms with Gasteiger partial charge >= 0.3 is 0 Å². The summed E-state index contributed by atoms with van der Waals surface area (Å²) in [6.45, 7) is 1.68. The number of halogens is 2. The second-order valence-corrected chi connectivity index (χ2v) is 5.55. The van der Waals surface area contributed by atoms with Gasteiger partial charge in [0.05, 0.1) is 10.0 Å². The minimum absolute atomic E-state index is 0.108. The largest absolute Gasteiger partial charge is 0.505 e. The fraction of sp³-hybridized carbons (Fsp3) is 0.286. The maximum Gasteiger partial charge on any atom is 0.270 e. The van der Waals surface area contributed by atoms with Crippen molar-refractivity contribution in [3.63, 3.8) is 0 Å². The first-order chi connectivity index (χ1) is 9.85. The molecule has 0 aromatic heterocycles. The molecule has 2 rings (SSSR count). The number of phenolic OH excluding ortho intramolecular Hbond substituents is 1. The standard InChI is InChI=1S/C14H14Cl2N2O3/c1-3-10-14(21)18(2)11(13(20)17-10)6-7-4-8(15)12(19)9(16)5-7/h3-5,11,19H,6H2,1-2H3,(H,17,20). The summed E-state index contributed by atoms with van der Waals surface area (Å²) in [6, 6.07) is 2.40. The number of hydrogen-bond acceptors (Lipinski definition) is 3. The Morgan fingerprint density at radius 1 is 1.33 bits per heavy atom. The zero-order valence-electron chi connectivity index (χ0n) is 11.5. The summed E-state index contributed by atoms with van der Waals surface area (Å²) in [5.74, 6) is -0.723. The van der Waals surface area contributed by atoms with E-state index in [2.05, 4.69) is 5.32 Å². The Morgan fingerprint density at radius 2 is 1.90 bits per heavy atom. The van der Waals surface area contributed by atoms with Gasteiger partial charge in [0.2, 0.25) is 5.91 Å². The van der Waals surface area contributed by atoms with Crippen LogP contribution in [0.1, 0.15) is 12.5 Å². The fourth-order valence-corrected chi connectivity index (χ4v) is 2.69. The molecule has 1 aromatic carbocycles. The van der Waals surface area contributed by atoms with E-state index in [-0.39, 0.29) is 39.7 Å². The SMILES string of the molecule is CC=C1NC(=O)C(Cc2cc(Cl)c(O)c(Cl)c2)N(C)C1=O. The van der Waals surface area contributed by atoms with Crippen LogP contribution in [0.3, 0.4) is 0 Å². The van der Waals surface area contributed by atoms with Crippen molar-refractivity contribution in [2.45, 2.75) is 19.4 Å². The zero-order valence-corrected chi connectivity index (χ0v) is 13.0. The van der Waals surface area contributed by atoms with E-state index in [1.807, 2.05) is 0 Å². The van der Waals surface area contributed by atoms with Crippen LogP contribution < -0.4 is 5.32 Å². The van der Waals surface area contributed by atoms with Crippen molar-refractivity contribution in [2.75, 3.05) is 7.05 Å². The number of carbonyl (C=O) groups excluding carboxylic acids is 2. The second-order valence-electron chi connectivity index (χ2n) is 4.74. The van der Waals surface area contributed by atoms with Crippen LogP contribution in [-0.2, 0) is 16.0 Å². The first kappa shape index (κ1) is 15.7. The molecular weight excluding hydrogens is 315 g/mol. The number of likely N-dealkylation sites (N-methyl/N-ethyl adjacent to an activating group) is 1. The maximum absolute atomic E-state index is 12.1. The highest BCUT2D eigenvalue weighted by molar-refractivity contribution is 6.37. The van der Waals surface area contributed by atoms with E-state index in [0.29, 0.717) is 5.56 Å². The van der Waals surface area contributed by atoms with Gasteiger partial charge in [0.1, 0.15) is 11.7 Å². The Kier molecular flexibility index (Phi) is 4.44. The molecule has 1 unspecified atom stereocenters. The highest BCUT2D eigenvalue weighted by Crippen LogP contribution is 2.33. The number of rotatable bonds is 2. The number of carbonyl (C=O) groups is 2. The van der Waals surface area contributed by atoms with E-state index in [1.54, 1.807) is 20.0 Å². The lowest BCUT2D eigenvalue weighted by Crippen LogP contribution is -2.56. The molecule has 1 aliphatic heterocycles. The van der Waals surface area contributed by atoms with Gasteiger partial charge in [-0.2, -0.15) is 0 Å². The van der Waals surface area contributed by atoms with Crippen LogP contribution in [-0.4, -0.2) is 34.9 Å². The number of nitrogens with zero attached hydrogens (tertiary/aromatic N) is 1. The molecule has 21 heavy (non-hydrogen) atoms. The van der Waals surface area contributed by atoms with Gasteiger partial charge in [0.15, 0.2) is 5.75 Å². The van der Waals surface area contributed by atoms with Crippen molar-refractivity contribution in [3.05, 3.63) is 39.5 Å². The highest BCUT2D eigenvalue weighted by Gasteiger charge is 2.34. The van der Waals surface area contributed by atoms with Crippen LogP contribution in [0.5, 0.6) is 5.75 Å². The number of aromatic hydroxyl groups is 1. The van der Waals surface area contributed by atoms with Crippen molar-refractivity contribution in [1.29, 1.82) is 0 Å². The van der Waals surface area contributed by atoms with Crippen molar-refractivity contribution in [2.24, 2.45) is 0 Å². The van der Waals surface area contributed by atoms with E-state index >= 15 is 0 Å². The molecular formula is C14H14Cl2N2O3. The number of phenols is 1. The summed E-state index contributed by atoms with van der Waals surface area (Å²) < 4.78 is 0. The lowest BCUT2D eigenvalue weighted by Gasteiger charge is -2.33. The number of piperazine rings is 1. The number of amides is 2. The zero-order chi connectivity index (χ0) is 15.7. The van der Waals surface area contributed by atoms with Gasteiger partial charge in [-0.25, -0.2) is 0 Å². The minimum atomic E-state index is -0.655. The van der Waals surface area contributed by atoms with Crippen molar-refractivity contribution >= 4 is 35.0 Å². The van der Waals surface area contributed by atoms with Crippen LogP contribution in [0.15, 0.2) is 23.9 Å². The Labute approximate surface area is 132 Å². The third kappa shape index (κ3) is 2.99. The number of benzene rings is 1. The molecule has 0 radical (unpaired) electrons. The van der Waals surface area contributed by atoms with E-state index in [0.717, 1.165) is 0 Å². The van der Waals surface area contributed by atoms with Gasteiger partial charge in [-0.05, 0) is 24.6 Å². The molecule has 1 atom stereocenters. The summed E-state index contributed by atoms with van der Waals surface area (Å²) in [5, 5.41) is 12.3. The van der Waals surface area contributed by atoms with Gasteiger partial charge < -0.3 is 15.3 Å². The Morgan fingerprint density at radius 3 is 2.43 bits per heavy atom. The molecule has 0 bridgehead atoms. The Bertz CT molecular complexity index is 620. The third-order valence-electron chi connectivity index (χ3n) is 3.37. The lowest BCUT2D eigenvalue weighted by molar-refractivity contribution is -0.140. The molecule has 1 aromatic rings. The van der Waals surface area contributed by atoms with E-state index in [9.17, 15) is 14.7 Å². The third-order valence-corrected chi connectivity index (χ3v) is 3.95. The average Bonchev–Trinajstić information content (AvgIpc) is 2.44. The number of allylic oxidation sites excluding steroid dienone is 1. The van der Waals surface area contributed by atoms with Crippen LogP contribution in [0.2, 0.25) is 10.0 Å². The fourth-order valence-electron chi connectivity index (χ4n) is 2.16. The topological polar surface area (TPSA) is 69.6 Å². The van der Waals surface area contributed by atoms with Gasteiger partial charge in [-0.1, -0.05) is 29.3 Å². The first-order valence-electron chi connectivity index (χ1n) is 6.26. The molecule has 1 fully saturated rings. The molecule has 5 nitrogen and oxygen atoms in total. The highest BCUT2D eigenvalue weighted by atomic mass is 35.5. The number of hydrogen-bond donors (Lipinski definition) is 2. The second kappa shape index (κ2) is 5.95. The van der Waals surface area contributed by atoms with Crippen LogP contribution >= 0.6 is 23.2 Å². The van der Waals surface area contributed by atoms with Crippen molar-refractivity contribution < 1.29 is 14.7 Å². The molecule has 1 saturated heterocycles. The average molecular weight is 329 g/mol. The molecule has 0 aliphatic carbocycles. The van der Waals surface area contributed by atoms with Crippen molar-refractivity contribution in [1.82, 2.24) is 10.2 Å². The molecule has 0 spiro atoms. The molecule has 0 saturated carbocycles. The smallest absolute Gasteiger partial charge is 0.270 e. The molecule has 2 amide bonds. The monoisotopic (exact) mass is 328 g/mol. The summed E-state index contributed by atoms with van der Waals surface area (Å²) >= 11 is 11.7. The molecule has 7 heteroatoms.